The predicted octanol–water partition coefficient (Wildman–Crippen LogP) is 2.47. The molecule has 0 aliphatic carbocycles. The van der Waals surface area contributed by atoms with Crippen molar-refractivity contribution < 1.29 is 4.74 Å². The van der Waals surface area contributed by atoms with E-state index in [-0.39, 0.29) is 29.4 Å². The highest BCUT2D eigenvalue weighted by atomic mass is 127. The lowest BCUT2D eigenvalue weighted by atomic mass is 9.90. The van der Waals surface area contributed by atoms with Crippen molar-refractivity contribution in [3.05, 3.63) is 24.0 Å². The van der Waals surface area contributed by atoms with Crippen LogP contribution in [0.3, 0.4) is 0 Å². The summed E-state index contributed by atoms with van der Waals surface area (Å²) in [4.78, 5) is 7.00. The molecule has 1 atom stereocenters. The van der Waals surface area contributed by atoms with Gasteiger partial charge in [0.2, 0.25) is 0 Å². The Balaban J connectivity index is 0.00000242. The van der Waals surface area contributed by atoms with Crippen molar-refractivity contribution in [3.8, 4) is 0 Å². The van der Waals surface area contributed by atoms with Crippen molar-refractivity contribution in [2.45, 2.75) is 26.8 Å². The molecule has 2 heterocycles. The van der Waals surface area contributed by atoms with E-state index in [9.17, 15) is 0 Å². The number of aliphatic imine (C=N–C) groups is 1. The maximum atomic E-state index is 5.51. The summed E-state index contributed by atoms with van der Waals surface area (Å²) in [5.74, 6) is 0.965. The normalized spacial score (nSPS) is 21.5. The van der Waals surface area contributed by atoms with Gasteiger partial charge in [0.25, 0.3) is 0 Å². The fourth-order valence-electron chi connectivity index (χ4n) is 2.55. The van der Waals surface area contributed by atoms with Gasteiger partial charge in [0.15, 0.2) is 5.96 Å². The van der Waals surface area contributed by atoms with Gasteiger partial charge in [-0.3, -0.25) is 4.99 Å². The fraction of sp³-hybridized carbons (Fsp3) is 0.688. The number of nitrogens with zero attached hydrogens (tertiary/aromatic N) is 3. The molecule has 0 saturated carbocycles. The Morgan fingerprint density at radius 2 is 2.32 bits per heavy atom. The molecule has 1 aliphatic heterocycles. The molecule has 1 unspecified atom stereocenters. The first kappa shape index (κ1) is 19.3. The quantitative estimate of drug-likeness (QED) is 0.452. The van der Waals surface area contributed by atoms with Gasteiger partial charge in [-0.25, -0.2) is 0 Å². The lowest BCUT2D eigenvalue weighted by Crippen LogP contribution is -2.39. The first-order valence-electron chi connectivity index (χ1n) is 7.71. The van der Waals surface area contributed by atoms with Crippen molar-refractivity contribution in [1.29, 1.82) is 0 Å². The number of rotatable bonds is 5. The van der Waals surface area contributed by atoms with Crippen molar-refractivity contribution >= 4 is 29.9 Å². The van der Waals surface area contributed by atoms with Gasteiger partial charge in [0, 0.05) is 44.6 Å². The fourth-order valence-corrected chi connectivity index (χ4v) is 2.55. The van der Waals surface area contributed by atoms with Crippen LogP contribution in [0.25, 0.3) is 0 Å². The number of hydrogen-bond acceptors (Lipinski definition) is 2. The van der Waals surface area contributed by atoms with E-state index >= 15 is 0 Å². The largest absolute Gasteiger partial charge is 0.381 e. The summed E-state index contributed by atoms with van der Waals surface area (Å²) in [6.45, 7) is 8.58. The SMILES string of the molecule is CCNC(=NCC1(C)CCOC1)N(C)Cc1cccn1C.I. The zero-order chi connectivity index (χ0) is 15.3. The van der Waals surface area contributed by atoms with Gasteiger partial charge < -0.3 is 19.5 Å². The summed E-state index contributed by atoms with van der Waals surface area (Å²) in [5.41, 5.74) is 1.46. The minimum Gasteiger partial charge on any atom is -0.381 e. The van der Waals surface area contributed by atoms with Crippen molar-refractivity contribution in [1.82, 2.24) is 14.8 Å². The highest BCUT2D eigenvalue weighted by Gasteiger charge is 2.29. The van der Waals surface area contributed by atoms with Crippen LogP contribution in [0.4, 0.5) is 0 Å². The van der Waals surface area contributed by atoms with E-state index in [1.165, 1.54) is 5.69 Å². The average Bonchev–Trinajstić information content (AvgIpc) is 3.05. The van der Waals surface area contributed by atoms with Crippen LogP contribution in [0.15, 0.2) is 23.3 Å². The van der Waals surface area contributed by atoms with Gasteiger partial charge in [-0.1, -0.05) is 6.92 Å². The third kappa shape index (κ3) is 5.15. The second kappa shape index (κ2) is 8.76. The molecule has 6 heteroatoms. The molecule has 0 bridgehead atoms. The van der Waals surface area contributed by atoms with Gasteiger partial charge in [-0.05, 0) is 25.5 Å². The number of hydrogen-bond donors (Lipinski definition) is 1. The van der Waals surface area contributed by atoms with Gasteiger partial charge in [0.05, 0.1) is 19.7 Å². The van der Waals surface area contributed by atoms with E-state index in [0.717, 1.165) is 45.2 Å². The monoisotopic (exact) mass is 420 g/mol. The molecule has 2 rings (SSSR count). The Kier molecular flexibility index (Phi) is 7.68. The molecule has 22 heavy (non-hydrogen) atoms. The first-order valence-corrected chi connectivity index (χ1v) is 7.71. The number of guanidine groups is 1. The molecule has 1 aromatic rings. The zero-order valence-electron chi connectivity index (χ0n) is 14.1. The molecule has 1 N–H and O–H groups in total. The minimum absolute atomic E-state index is 0. The highest BCUT2D eigenvalue weighted by molar-refractivity contribution is 14.0. The van der Waals surface area contributed by atoms with Gasteiger partial charge in [-0.15, -0.1) is 24.0 Å². The van der Waals surface area contributed by atoms with E-state index in [0.29, 0.717) is 0 Å². The molecular weight excluding hydrogens is 391 g/mol. The van der Waals surface area contributed by atoms with Crippen molar-refractivity contribution in [2.75, 3.05) is 33.4 Å². The second-order valence-electron chi connectivity index (χ2n) is 6.25. The molecule has 0 aromatic carbocycles. The molecule has 0 radical (unpaired) electrons. The summed E-state index contributed by atoms with van der Waals surface area (Å²) in [5, 5.41) is 3.38. The van der Waals surface area contributed by atoms with Crippen LogP contribution < -0.4 is 5.32 Å². The Labute approximate surface area is 151 Å². The molecule has 0 amide bonds. The molecule has 0 spiro atoms. The zero-order valence-corrected chi connectivity index (χ0v) is 16.5. The third-order valence-corrected chi connectivity index (χ3v) is 4.06. The number of halogens is 1. The van der Waals surface area contributed by atoms with Gasteiger partial charge >= 0.3 is 0 Å². The van der Waals surface area contributed by atoms with Crippen LogP contribution in [0, 0.1) is 5.41 Å². The lowest BCUT2D eigenvalue weighted by molar-refractivity contribution is 0.162. The minimum atomic E-state index is 0. The van der Waals surface area contributed by atoms with Crippen LogP contribution >= 0.6 is 24.0 Å². The summed E-state index contributed by atoms with van der Waals surface area (Å²) in [6, 6.07) is 4.22. The van der Waals surface area contributed by atoms with Crippen molar-refractivity contribution in [2.24, 2.45) is 17.5 Å². The number of ether oxygens (including phenoxy) is 1. The maximum Gasteiger partial charge on any atom is 0.194 e. The first-order chi connectivity index (χ1) is 10.0. The number of aromatic nitrogens is 1. The van der Waals surface area contributed by atoms with E-state index in [1.54, 1.807) is 0 Å². The van der Waals surface area contributed by atoms with E-state index < -0.39 is 0 Å². The average molecular weight is 420 g/mol. The molecule has 1 saturated heterocycles. The Bertz CT molecular complexity index is 480. The third-order valence-electron chi connectivity index (χ3n) is 4.06. The van der Waals surface area contributed by atoms with E-state index in [4.69, 9.17) is 9.73 Å². The summed E-state index contributed by atoms with van der Waals surface area (Å²) in [7, 11) is 4.16. The summed E-state index contributed by atoms with van der Waals surface area (Å²) >= 11 is 0. The van der Waals surface area contributed by atoms with Crippen molar-refractivity contribution in [3.63, 3.8) is 0 Å². The highest BCUT2D eigenvalue weighted by Crippen LogP contribution is 2.27. The molecule has 5 nitrogen and oxygen atoms in total. The Morgan fingerprint density at radius 3 is 2.86 bits per heavy atom. The van der Waals surface area contributed by atoms with Crippen LogP contribution in [-0.2, 0) is 18.3 Å². The molecule has 1 aliphatic rings. The number of aryl methyl sites for hydroxylation is 1. The molecule has 126 valence electrons. The Hall–Kier alpha value is -0.760. The van der Waals surface area contributed by atoms with Crippen LogP contribution in [-0.4, -0.2) is 48.8 Å². The van der Waals surface area contributed by atoms with E-state index in [1.807, 2.05) is 0 Å². The standard InChI is InChI=1S/C16H28N4O.HI/c1-5-17-15(18-12-16(2)8-10-21-13-16)20(4)11-14-7-6-9-19(14)3;/h6-7,9H,5,8,10-13H2,1-4H3,(H,17,18);1H. The summed E-state index contributed by atoms with van der Waals surface area (Å²) in [6.07, 6.45) is 3.17. The molecule has 1 aromatic heterocycles. The smallest absolute Gasteiger partial charge is 0.194 e. The Morgan fingerprint density at radius 1 is 1.55 bits per heavy atom. The van der Waals surface area contributed by atoms with Crippen LogP contribution in [0.5, 0.6) is 0 Å². The molecule has 1 fully saturated rings. The summed E-state index contributed by atoms with van der Waals surface area (Å²) < 4.78 is 7.65. The lowest BCUT2D eigenvalue weighted by Gasteiger charge is -2.25. The predicted molar refractivity (Wildman–Crippen MR) is 102 cm³/mol. The van der Waals surface area contributed by atoms with Crippen LogP contribution in [0.2, 0.25) is 0 Å². The van der Waals surface area contributed by atoms with E-state index in [2.05, 4.69) is 61.1 Å². The maximum absolute atomic E-state index is 5.51. The second-order valence-corrected chi connectivity index (χ2v) is 6.25. The number of nitrogens with one attached hydrogen (secondary N) is 1. The van der Waals surface area contributed by atoms with Gasteiger partial charge in [0.1, 0.15) is 0 Å². The topological polar surface area (TPSA) is 41.8 Å². The van der Waals surface area contributed by atoms with Gasteiger partial charge in [-0.2, -0.15) is 0 Å². The van der Waals surface area contributed by atoms with Crippen LogP contribution in [0.1, 0.15) is 26.0 Å². The molecular formula is C16H29IN4O.